The van der Waals surface area contributed by atoms with Crippen molar-refractivity contribution >= 4 is 16.4 Å². The third-order valence-corrected chi connectivity index (χ3v) is 11.6. The number of alkyl halides is 4. The average Bonchev–Trinajstić information content (AvgIpc) is 3.23. The Morgan fingerprint density at radius 3 is 2.17 bits per heavy atom. The number of benzene rings is 2. The molecule has 4 aliphatic carbocycles. The van der Waals surface area contributed by atoms with Crippen LogP contribution in [-0.2, 0) is 19.6 Å². The monoisotopic (exact) mass is 600 g/mol. The van der Waals surface area contributed by atoms with E-state index < -0.39 is 33.5 Å². The molecule has 4 nitrogen and oxygen atoms in total. The zero-order chi connectivity index (χ0) is 30.2. The van der Waals surface area contributed by atoms with Crippen molar-refractivity contribution in [1.82, 2.24) is 0 Å². The third-order valence-electron chi connectivity index (χ3n) is 10.9. The number of allylic oxidation sites excluding steroid dienone is 4. The van der Waals surface area contributed by atoms with Crippen LogP contribution < -0.4 is 0 Å². The number of nitrogens with one attached hydrogen (secondary N) is 1. The Hall–Kier alpha value is -2.78. The molecule has 0 amide bonds. The molecule has 2 N–H and O–H groups in total. The van der Waals surface area contributed by atoms with Crippen LogP contribution in [0.1, 0.15) is 70.3 Å². The minimum absolute atomic E-state index is 0.0863. The highest BCUT2D eigenvalue weighted by Gasteiger charge is 2.75. The fourth-order valence-corrected chi connectivity index (χ4v) is 9.03. The first kappa shape index (κ1) is 29.3. The minimum Gasteiger partial charge on any atom is -0.440 e. The highest BCUT2D eigenvalue weighted by Crippen LogP contribution is 2.70. The lowest BCUT2D eigenvalue weighted by Gasteiger charge is -2.57. The van der Waals surface area contributed by atoms with Crippen LogP contribution in [0.4, 0.5) is 17.6 Å². The molecule has 0 bridgehead atoms. The normalized spacial score (nSPS) is 32.6. The van der Waals surface area contributed by atoms with Crippen molar-refractivity contribution in [2.24, 2.45) is 17.3 Å². The average molecular weight is 601 g/mol. The summed E-state index contributed by atoms with van der Waals surface area (Å²) in [6, 6.07) is 14.6. The van der Waals surface area contributed by atoms with Crippen LogP contribution in [0.15, 0.2) is 76.2 Å². The van der Waals surface area contributed by atoms with Crippen molar-refractivity contribution in [2.75, 3.05) is 0 Å². The number of carbonyl (C=O) groups is 1. The summed E-state index contributed by atoms with van der Waals surface area (Å²) in [6.07, 6.45) is -0.990. The summed E-state index contributed by atoms with van der Waals surface area (Å²) in [4.78, 5) is 12.7. The van der Waals surface area contributed by atoms with Gasteiger partial charge in [0.1, 0.15) is 5.60 Å². The van der Waals surface area contributed by atoms with E-state index in [1.54, 1.807) is 37.3 Å². The van der Waals surface area contributed by atoms with Gasteiger partial charge >= 0.3 is 6.18 Å². The molecule has 0 aromatic heterocycles. The van der Waals surface area contributed by atoms with Crippen molar-refractivity contribution in [3.05, 3.63) is 76.9 Å². The van der Waals surface area contributed by atoms with E-state index >= 15 is 4.39 Å². The van der Waals surface area contributed by atoms with Gasteiger partial charge in [0.05, 0.1) is 0 Å². The van der Waals surface area contributed by atoms with Gasteiger partial charge in [-0.15, -0.1) is 4.90 Å². The topological polar surface area (TPSA) is 78.2 Å². The number of hydrogen-bond acceptors (Lipinski definition) is 5. The number of fused-ring (bicyclic) bond motifs is 4. The molecule has 9 heteroatoms. The Morgan fingerprint density at radius 1 is 0.952 bits per heavy atom. The second-order valence-corrected chi connectivity index (χ2v) is 13.8. The highest BCUT2D eigenvalue weighted by atomic mass is 32.2. The molecule has 0 saturated heterocycles. The van der Waals surface area contributed by atoms with Gasteiger partial charge in [0.2, 0.25) is 5.67 Å². The van der Waals surface area contributed by atoms with Crippen LogP contribution in [0.25, 0.3) is 11.1 Å². The largest absolute Gasteiger partial charge is 0.440 e. The van der Waals surface area contributed by atoms with E-state index in [1.807, 2.05) is 24.3 Å². The summed E-state index contributed by atoms with van der Waals surface area (Å²) in [5, 5.41) is 11.8. The second-order valence-electron chi connectivity index (χ2n) is 12.8. The molecule has 224 valence electrons. The molecule has 0 radical (unpaired) electrons. The summed E-state index contributed by atoms with van der Waals surface area (Å²) in [7, 11) is -1.83. The number of aliphatic hydroxyl groups is 1. The molecule has 42 heavy (non-hydrogen) atoms. The summed E-state index contributed by atoms with van der Waals surface area (Å²) in [5.41, 5.74) is -1.76. The van der Waals surface area contributed by atoms with Gasteiger partial charge in [-0.1, -0.05) is 61.0 Å². The number of hydrogen-bond donors (Lipinski definition) is 2. The molecule has 0 heterocycles. The lowest BCUT2D eigenvalue weighted by atomic mass is 9.49. The Bertz CT molecular complexity index is 1560. The van der Waals surface area contributed by atoms with Crippen molar-refractivity contribution in [3.8, 4) is 11.1 Å². The first-order valence-electron chi connectivity index (χ1n) is 14.5. The standard InChI is InChI=1S/C33H34F4NO3S/c1-30-18-27(21-5-3-19(4-6-21)20-7-11-24(12-8-20)42(38)41)29-25-14-10-23(39)17-22(25)9-13-26(29)28(30)15-16-32(30,40)31(2,34)33(35,36)37/h3-8,11-12,17,26-28,38,40H,9-10,13-16,18H2,1-2H3/q-1. The maximum atomic E-state index is 15.8. The first-order valence-corrected chi connectivity index (χ1v) is 15.6. The summed E-state index contributed by atoms with van der Waals surface area (Å²) < 4.78 is 77.1. The number of rotatable bonds is 4. The van der Waals surface area contributed by atoms with Gasteiger partial charge in [0.25, 0.3) is 0 Å². The van der Waals surface area contributed by atoms with E-state index in [9.17, 15) is 27.3 Å². The Labute approximate surface area is 244 Å². The molecular weight excluding hydrogens is 566 g/mol. The van der Waals surface area contributed by atoms with Crippen LogP contribution in [0, 0.1) is 22.0 Å². The summed E-state index contributed by atoms with van der Waals surface area (Å²) in [6.45, 7) is 2.15. The Balaban J connectivity index is 1.46. The summed E-state index contributed by atoms with van der Waals surface area (Å²) >= 11 is 0. The van der Waals surface area contributed by atoms with Gasteiger partial charge in [-0.2, -0.15) is 23.8 Å². The maximum absolute atomic E-state index is 15.8. The smallest absolute Gasteiger partial charge is 0.425 e. The van der Waals surface area contributed by atoms with E-state index in [-0.39, 0.29) is 36.4 Å². The molecule has 2 saturated carbocycles. The Morgan fingerprint density at radius 2 is 1.57 bits per heavy atom. The van der Waals surface area contributed by atoms with Crippen molar-refractivity contribution in [2.45, 2.75) is 87.1 Å². The SMILES string of the molecule is CC12CC(c3ccc(-c4ccc([S-](=N)=O)cc4)cc3)C3=C4CCC(=O)C=C4CCC3C1CCC2(O)C(C)(F)C(F)(F)F. The molecule has 0 aliphatic heterocycles. The molecule has 4 aliphatic rings. The first-order chi connectivity index (χ1) is 19.7. The van der Waals surface area contributed by atoms with E-state index in [1.165, 1.54) is 0 Å². The Kier molecular flexibility index (Phi) is 6.89. The molecule has 6 atom stereocenters. The van der Waals surface area contributed by atoms with Gasteiger partial charge in [-0.25, -0.2) is 4.39 Å². The summed E-state index contributed by atoms with van der Waals surface area (Å²) in [5.74, 6) is -0.662. The van der Waals surface area contributed by atoms with Crippen LogP contribution in [0.3, 0.4) is 0 Å². The van der Waals surface area contributed by atoms with Gasteiger partial charge in [0.15, 0.2) is 5.78 Å². The van der Waals surface area contributed by atoms with Crippen LogP contribution in [0.2, 0.25) is 0 Å². The fourth-order valence-electron chi connectivity index (χ4n) is 8.65. The van der Waals surface area contributed by atoms with Gasteiger partial charge in [-0.05, 0) is 91.2 Å². The quantitative estimate of drug-likeness (QED) is 0.273. The van der Waals surface area contributed by atoms with E-state index in [2.05, 4.69) is 0 Å². The highest BCUT2D eigenvalue weighted by molar-refractivity contribution is 7.73. The lowest BCUT2D eigenvalue weighted by Crippen LogP contribution is -2.65. The molecule has 2 aromatic rings. The molecule has 0 spiro atoms. The number of carbonyl (C=O) groups excluding carboxylic acids is 1. The fraction of sp³-hybridized carbons (Fsp3) is 0.485. The maximum Gasteiger partial charge on any atom is 0.425 e. The zero-order valence-electron chi connectivity index (χ0n) is 23.6. The molecule has 2 fully saturated rings. The van der Waals surface area contributed by atoms with E-state index in [0.29, 0.717) is 43.9 Å². The predicted molar refractivity (Wildman–Crippen MR) is 152 cm³/mol. The van der Waals surface area contributed by atoms with Gasteiger partial charge < -0.3 is 14.1 Å². The van der Waals surface area contributed by atoms with Crippen LogP contribution >= 0.6 is 0 Å². The van der Waals surface area contributed by atoms with Crippen molar-refractivity contribution < 1.29 is 31.7 Å². The zero-order valence-corrected chi connectivity index (χ0v) is 24.4. The third kappa shape index (κ3) is 4.25. The molecular formula is C33H34F4NO3S-. The van der Waals surface area contributed by atoms with E-state index in [0.717, 1.165) is 33.4 Å². The van der Waals surface area contributed by atoms with Crippen molar-refractivity contribution in [1.29, 1.82) is 4.78 Å². The van der Waals surface area contributed by atoms with Crippen molar-refractivity contribution in [3.63, 3.8) is 0 Å². The number of halogens is 4. The van der Waals surface area contributed by atoms with Gasteiger partial charge in [-0.3, -0.25) is 4.79 Å². The van der Waals surface area contributed by atoms with Gasteiger partial charge in [0, 0.05) is 17.8 Å². The molecule has 6 unspecified atom stereocenters. The van der Waals surface area contributed by atoms with E-state index in [4.69, 9.17) is 4.78 Å². The van der Waals surface area contributed by atoms with Crippen LogP contribution in [-0.4, -0.2) is 28.3 Å². The predicted octanol–water partition coefficient (Wildman–Crippen LogP) is 8.36. The van der Waals surface area contributed by atoms with Crippen LogP contribution in [0.5, 0.6) is 0 Å². The second kappa shape index (κ2) is 9.88. The molecule has 6 rings (SSSR count). The number of ketones is 1. The lowest BCUT2D eigenvalue weighted by molar-refractivity contribution is -0.306. The molecule has 2 aromatic carbocycles. The minimum atomic E-state index is -5.22.